The number of rotatable bonds is 4. The van der Waals surface area contributed by atoms with E-state index in [-0.39, 0.29) is 0 Å². The van der Waals surface area contributed by atoms with Crippen molar-refractivity contribution in [3.05, 3.63) is 18.1 Å². The predicted molar refractivity (Wildman–Crippen MR) is 74.6 cm³/mol. The van der Waals surface area contributed by atoms with E-state index in [4.69, 9.17) is 0 Å². The maximum absolute atomic E-state index is 4.52. The molecule has 1 aliphatic rings. The van der Waals surface area contributed by atoms with Crippen LogP contribution in [0.2, 0.25) is 0 Å². The van der Waals surface area contributed by atoms with Crippen LogP contribution in [0.5, 0.6) is 0 Å². The number of hydrogen-bond acceptors (Lipinski definition) is 4. The van der Waals surface area contributed by atoms with E-state index >= 15 is 0 Å². The number of aromatic nitrogens is 2. The second-order valence-corrected chi connectivity index (χ2v) is 5.55. The van der Waals surface area contributed by atoms with Crippen LogP contribution in [0.25, 0.3) is 0 Å². The third-order valence-electron chi connectivity index (χ3n) is 4.20. The minimum absolute atomic E-state index is 0.524. The van der Waals surface area contributed by atoms with Crippen molar-refractivity contribution < 1.29 is 0 Å². The van der Waals surface area contributed by atoms with E-state index in [9.17, 15) is 0 Å². The van der Waals surface area contributed by atoms with Gasteiger partial charge in [-0.15, -0.1) is 0 Å². The zero-order chi connectivity index (χ0) is 13.0. The third kappa shape index (κ3) is 2.99. The molecule has 1 N–H and O–H groups in total. The van der Waals surface area contributed by atoms with Crippen LogP contribution in [0, 0.1) is 5.41 Å². The van der Waals surface area contributed by atoms with Gasteiger partial charge in [-0.05, 0) is 25.3 Å². The van der Waals surface area contributed by atoms with Gasteiger partial charge in [0.25, 0.3) is 0 Å². The van der Waals surface area contributed by atoms with Crippen molar-refractivity contribution in [2.45, 2.75) is 39.7 Å². The molecule has 0 saturated carbocycles. The van der Waals surface area contributed by atoms with Gasteiger partial charge in [-0.25, -0.2) is 4.98 Å². The van der Waals surface area contributed by atoms with Crippen molar-refractivity contribution in [1.82, 2.24) is 15.3 Å². The van der Waals surface area contributed by atoms with Gasteiger partial charge in [0, 0.05) is 19.6 Å². The first-order valence-electron chi connectivity index (χ1n) is 6.87. The molecule has 0 atom stereocenters. The van der Waals surface area contributed by atoms with Gasteiger partial charge < -0.3 is 10.2 Å². The van der Waals surface area contributed by atoms with Gasteiger partial charge >= 0.3 is 0 Å². The van der Waals surface area contributed by atoms with E-state index in [1.807, 2.05) is 19.4 Å². The lowest BCUT2D eigenvalue weighted by Gasteiger charge is -2.39. The summed E-state index contributed by atoms with van der Waals surface area (Å²) < 4.78 is 0. The van der Waals surface area contributed by atoms with E-state index in [1.165, 1.54) is 19.3 Å². The summed E-state index contributed by atoms with van der Waals surface area (Å²) in [5.74, 6) is 1.02. The van der Waals surface area contributed by atoms with Gasteiger partial charge in [0.05, 0.1) is 18.1 Å². The summed E-state index contributed by atoms with van der Waals surface area (Å²) in [6.45, 7) is 7.67. The fourth-order valence-electron chi connectivity index (χ4n) is 2.41. The topological polar surface area (TPSA) is 41.1 Å². The molecule has 0 unspecified atom stereocenters. The highest BCUT2D eigenvalue weighted by Crippen LogP contribution is 2.34. The molecule has 0 aliphatic carbocycles. The van der Waals surface area contributed by atoms with Crippen LogP contribution in [0.3, 0.4) is 0 Å². The highest BCUT2D eigenvalue weighted by Gasteiger charge is 2.28. The van der Waals surface area contributed by atoms with Crippen molar-refractivity contribution in [2.24, 2.45) is 5.41 Å². The molecule has 0 aromatic carbocycles. The Bertz CT molecular complexity index is 366. The molecule has 2 heterocycles. The summed E-state index contributed by atoms with van der Waals surface area (Å²) in [6, 6.07) is 0. The molecule has 1 aromatic heterocycles. The lowest BCUT2D eigenvalue weighted by atomic mass is 9.78. The zero-order valence-electron chi connectivity index (χ0n) is 11.7. The third-order valence-corrected chi connectivity index (χ3v) is 4.20. The Hall–Kier alpha value is -1.16. The van der Waals surface area contributed by atoms with E-state index in [0.29, 0.717) is 5.41 Å². The molecular weight excluding hydrogens is 224 g/mol. The minimum Gasteiger partial charge on any atom is -0.355 e. The van der Waals surface area contributed by atoms with E-state index in [2.05, 4.69) is 34.0 Å². The second kappa shape index (κ2) is 5.65. The number of nitrogens with one attached hydrogen (secondary N) is 1. The van der Waals surface area contributed by atoms with E-state index < -0.39 is 0 Å². The van der Waals surface area contributed by atoms with E-state index in [1.54, 1.807) is 0 Å². The van der Waals surface area contributed by atoms with Crippen molar-refractivity contribution in [2.75, 3.05) is 25.0 Å². The summed E-state index contributed by atoms with van der Waals surface area (Å²) in [5, 5.41) is 3.09. The first kappa shape index (κ1) is 13.3. The van der Waals surface area contributed by atoms with Gasteiger partial charge in [-0.2, -0.15) is 0 Å². The van der Waals surface area contributed by atoms with Crippen molar-refractivity contribution in [3.8, 4) is 0 Å². The standard InChI is InChI=1S/C14H24N4/c1-4-14(2)5-7-18(8-6-14)13-11-16-12(9-15-3)10-17-13/h10-11,15H,4-9H2,1-3H3. The summed E-state index contributed by atoms with van der Waals surface area (Å²) in [7, 11) is 1.92. The molecule has 2 rings (SSSR count). The monoisotopic (exact) mass is 248 g/mol. The van der Waals surface area contributed by atoms with Crippen LogP contribution in [0.1, 0.15) is 38.8 Å². The lowest BCUT2D eigenvalue weighted by Crippen LogP contribution is -2.38. The minimum atomic E-state index is 0.524. The maximum Gasteiger partial charge on any atom is 0.147 e. The van der Waals surface area contributed by atoms with Crippen LogP contribution in [-0.2, 0) is 6.54 Å². The SMILES string of the molecule is CCC1(C)CCN(c2cnc(CNC)cn2)CC1. The molecule has 4 nitrogen and oxygen atoms in total. The summed E-state index contributed by atoms with van der Waals surface area (Å²) in [5.41, 5.74) is 1.52. The fourth-order valence-corrected chi connectivity index (χ4v) is 2.41. The van der Waals surface area contributed by atoms with Gasteiger partial charge in [0.15, 0.2) is 0 Å². The molecule has 1 aliphatic heterocycles. The molecule has 1 fully saturated rings. The van der Waals surface area contributed by atoms with Crippen molar-refractivity contribution in [1.29, 1.82) is 0 Å². The van der Waals surface area contributed by atoms with Gasteiger partial charge in [0.2, 0.25) is 0 Å². The number of anilines is 1. The van der Waals surface area contributed by atoms with Crippen LogP contribution in [-0.4, -0.2) is 30.1 Å². The predicted octanol–water partition coefficient (Wildman–Crippen LogP) is 2.21. The Morgan fingerprint density at radius 1 is 1.28 bits per heavy atom. The first-order chi connectivity index (χ1) is 8.67. The normalized spacial score (nSPS) is 18.9. The van der Waals surface area contributed by atoms with Gasteiger partial charge in [0.1, 0.15) is 5.82 Å². The Kier molecular flexibility index (Phi) is 4.17. The molecule has 1 aromatic rings. The molecule has 0 spiro atoms. The average molecular weight is 248 g/mol. The summed E-state index contributed by atoms with van der Waals surface area (Å²) in [6.07, 6.45) is 7.56. The Morgan fingerprint density at radius 2 is 2.00 bits per heavy atom. The Labute approximate surface area is 110 Å². The van der Waals surface area contributed by atoms with Gasteiger partial charge in [-0.1, -0.05) is 20.3 Å². The Balaban J connectivity index is 1.97. The lowest BCUT2D eigenvalue weighted by molar-refractivity contribution is 0.237. The smallest absolute Gasteiger partial charge is 0.147 e. The molecule has 4 heteroatoms. The molecule has 18 heavy (non-hydrogen) atoms. The molecule has 0 radical (unpaired) electrons. The van der Waals surface area contributed by atoms with Crippen molar-refractivity contribution in [3.63, 3.8) is 0 Å². The summed E-state index contributed by atoms with van der Waals surface area (Å²) >= 11 is 0. The van der Waals surface area contributed by atoms with Crippen molar-refractivity contribution >= 4 is 5.82 Å². The molecular formula is C14H24N4. The summed E-state index contributed by atoms with van der Waals surface area (Å²) in [4.78, 5) is 11.3. The molecule has 0 amide bonds. The van der Waals surface area contributed by atoms with Crippen LogP contribution in [0.15, 0.2) is 12.4 Å². The highest BCUT2D eigenvalue weighted by molar-refractivity contribution is 5.36. The highest BCUT2D eigenvalue weighted by atomic mass is 15.2. The van der Waals surface area contributed by atoms with Crippen LogP contribution < -0.4 is 10.2 Å². The first-order valence-corrected chi connectivity index (χ1v) is 6.87. The molecule has 1 saturated heterocycles. The van der Waals surface area contributed by atoms with E-state index in [0.717, 1.165) is 31.1 Å². The number of piperidine rings is 1. The average Bonchev–Trinajstić information content (AvgIpc) is 2.41. The largest absolute Gasteiger partial charge is 0.355 e. The number of hydrogen-bond donors (Lipinski definition) is 1. The Morgan fingerprint density at radius 3 is 2.50 bits per heavy atom. The fraction of sp³-hybridized carbons (Fsp3) is 0.714. The van der Waals surface area contributed by atoms with Crippen LogP contribution in [0.4, 0.5) is 5.82 Å². The van der Waals surface area contributed by atoms with Gasteiger partial charge in [-0.3, -0.25) is 4.98 Å². The number of nitrogens with zero attached hydrogens (tertiary/aromatic N) is 3. The zero-order valence-corrected chi connectivity index (χ0v) is 11.7. The maximum atomic E-state index is 4.52. The second-order valence-electron chi connectivity index (χ2n) is 5.55. The molecule has 0 bridgehead atoms. The van der Waals surface area contributed by atoms with Crippen LogP contribution >= 0.6 is 0 Å². The molecule has 100 valence electrons. The quantitative estimate of drug-likeness (QED) is 0.887.